The van der Waals surface area contributed by atoms with Crippen molar-refractivity contribution in [3.8, 4) is 0 Å². The van der Waals surface area contributed by atoms with Crippen molar-refractivity contribution in [2.24, 2.45) is 0 Å². The molecular weight excluding hydrogens is 144 g/mol. The lowest BCUT2D eigenvalue weighted by Gasteiger charge is -1.89. The maximum absolute atomic E-state index is 3.68. The second kappa shape index (κ2) is 10.2. The minimum absolute atomic E-state index is 1.10. The summed E-state index contributed by atoms with van der Waals surface area (Å²) >= 11 is 0. The molecule has 0 atom stereocenters. The molecule has 0 unspecified atom stereocenters. The fourth-order valence-electron chi connectivity index (χ4n) is 0.970. The SMILES string of the molecule is C=CCCC=CCCCC=CC. The van der Waals surface area contributed by atoms with E-state index in [-0.39, 0.29) is 0 Å². The Labute approximate surface area is 76.7 Å². The third-order valence-electron chi connectivity index (χ3n) is 1.68. The van der Waals surface area contributed by atoms with Crippen LogP contribution in [0.3, 0.4) is 0 Å². The molecule has 0 amide bonds. The molecule has 0 rings (SSSR count). The standard InChI is InChI=1S/C12H20/c1-3-5-7-9-11-12-10-8-6-4-2/h3-4,6,9,11H,1,5,7-8,10,12H2,2H3. The average molecular weight is 164 g/mol. The van der Waals surface area contributed by atoms with E-state index in [1.807, 2.05) is 6.08 Å². The van der Waals surface area contributed by atoms with Crippen molar-refractivity contribution in [2.45, 2.75) is 39.0 Å². The molecule has 0 spiro atoms. The molecule has 0 radical (unpaired) electrons. The summed E-state index contributed by atoms with van der Waals surface area (Å²) in [5, 5.41) is 0. The third kappa shape index (κ3) is 9.22. The Balaban J connectivity index is 3.07. The first-order chi connectivity index (χ1) is 5.91. The van der Waals surface area contributed by atoms with Gasteiger partial charge >= 0.3 is 0 Å². The van der Waals surface area contributed by atoms with Crippen molar-refractivity contribution >= 4 is 0 Å². The third-order valence-corrected chi connectivity index (χ3v) is 1.68. The van der Waals surface area contributed by atoms with Crippen LogP contribution >= 0.6 is 0 Å². The van der Waals surface area contributed by atoms with Crippen molar-refractivity contribution in [3.05, 3.63) is 37.0 Å². The second-order valence-electron chi connectivity index (χ2n) is 2.84. The molecule has 0 heteroatoms. The number of allylic oxidation sites excluding steroid dienone is 5. The quantitative estimate of drug-likeness (QED) is 0.389. The largest absolute Gasteiger partial charge is 0.103 e. The first kappa shape index (κ1) is 11.2. The minimum Gasteiger partial charge on any atom is -0.103 e. The molecule has 0 fully saturated rings. The van der Waals surface area contributed by atoms with E-state index in [1.54, 1.807) is 0 Å². The Kier molecular flexibility index (Phi) is 9.56. The second-order valence-corrected chi connectivity index (χ2v) is 2.84. The van der Waals surface area contributed by atoms with Gasteiger partial charge in [-0.15, -0.1) is 6.58 Å². The van der Waals surface area contributed by atoms with Gasteiger partial charge < -0.3 is 0 Å². The van der Waals surface area contributed by atoms with Crippen molar-refractivity contribution in [3.63, 3.8) is 0 Å². The van der Waals surface area contributed by atoms with Crippen LogP contribution in [0.15, 0.2) is 37.0 Å². The zero-order chi connectivity index (χ0) is 9.07. The molecule has 0 saturated heterocycles. The van der Waals surface area contributed by atoms with Gasteiger partial charge in [0.15, 0.2) is 0 Å². The van der Waals surface area contributed by atoms with E-state index in [0.717, 1.165) is 12.8 Å². The molecule has 0 aromatic carbocycles. The lowest BCUT2D eigenvalue weighted by molar-refractivity contribution is 0.862. The van der Waals surface area contributed by atoms with Gasteiger partial charge in [0.05, 0.1) is 0 Å². The van der Waals surface area contributed by atoms with Gasteiger partial charge in [-0.3, -0.25) is 0 Å². The van der Waals surface area contributed by atoms with E-state index in [2.05, 4.69) is 37.8 Å². The maximum Gasteiger partial charge on any atom is -0.0316 e. The molecule has 0 nitrogen and oxygen atoms in total. The summed E-state index contributed by atoms with van der Waals surface area (Å²) in [6.45, 7) is 5.75. The van der Waals surface area contributed by atoms with E-state index < -0.39 is 0 Å². The highest BCUT2D eigenvalue weighted by Crippen LogP contribution is 1.99. The van der Waals surface area contributed by atoms with Crippen LogP contribution in [0.4, 0.5) is 0 Å². The number of rotatable bonds is 7. The van der Waals surface area contributed by atoms with E-state index in [0.29, 0.717) is 0 Å². The molecule has 12 heavy (non-hydrogen) atoms. The van der Waals surface area contributed by atoms with Crippen molar-refractivity contribution in [1.29, 1.82) is 0 Å². The van der Waals surface area contributed by atoms with E-state index in [9.17, 15) is 0 Å². The summed E-state index contributed by atoms with van der Waals surface area (Å²) in [6, 6.07) is 0. The summed E-state index contributed by atoms with van der Waals surface area (Å²) in [4.78, 5) is 0. The molecule has 0 heterocycles. The Hall–Kier alpha value is -0.780. The van der Waals surface area contributed by atoms with E-state index >= 15 is 0 Å². The Morgan fingerprint density at radius 3 is 2.25 bits per heavy atom. The number of unbranched alkanes of at least 4 members (excludes halogenated alkanes) is 3. The molecule has 0 N–H and O–H groups in total. The molecule has 0 bridgehead atoms. The van der Waals surface area contributed by atoms with Gasteiger partial charge in [-0.05, 0) is 39.0 Å². The van der Waals surface area contributed by atoms with E-state index in [1.165, 1.54) is 19.3 Å². The molecule has 0 aliphatic rings. The predicted molar refractivity (Wildman–Crippen MR) is 57.2 cm³/mol. The molecule has 0 aliphatic heterocycles. The Morgan fingerprint density at radius 1 is 0.917 bits per heavy atom. The number of hydrogen-bond acceptors (Lipinski definition) is 0. The van der Waals surface area contributed by atoms with Crippen LogP contribution in [0.2, 0.25) is 0 Å². The Bertz CT molecular complexity index is 140. The topological polar surface area (TPSA) is 0 Å². The van der Waals surface area contributed by atoms with Gasteiger partial charge in [0, 0.05) is 0 Å². The summed E-state index contributed by atoms with van der Waals surface area (Å²) in [6.07, 6.45) is 16.8. The zero-order valence-electron chi connectivity index (χ0n) is 8.13. The van der Waals surface area contributed by atoms with Gasteiger partial charge in [0.2, 0.25) is 0 Å². The lowest BCUT2D eigenvalue weighted by atomic mass is 10.2. The fourth-order valence-corrected chi connectivity index (χ4v) is 0.970. The van der Waals surface area contributed by atoms with Crippen molar-refractivity contribution in [1.82, 2.24) is 0 Å². The van der Waals surface area contributed by atoms with Crippen LogP contribution in [0.1, 0.15) is 39.0 Å². The first-order valence-corrected chi connectivity index (χ1v) is 4.79. The minimum atomic E-state index is 1.10. The molecule has 0 saturated carbocycles. The smallest absolute Gasteiger partial charge is 0.0316 e. The fraction of sp³-hybridized carbons (Fsp3) is 0.500. The van der Waals surface area contributed by atoms with Crippen LogP contribution in [0, 0.1) is 0 Å². The van der Waals surface area contributed by atoms with Gasteiger partial charge in [-0.25, -0.2) is 0 Å². The van der Waals surface area contributed by atoms with Gasteiger partial charge in [0.1, 0.15) is 0 Å². The zero-order valence-corrected chi connectivity index (χ0v) is 8.13. The maximum atomic E-state index is 3.68. The highest BCUT2D eigenvalue weighted by atomic mass is 13.9. The summed E-state index contributed by atoms with van der Waals surface area (Å²) in [5.41, 5.74) is 0. The van der Waals surface area contributed by atoms with Crippen LogP contribution in [0.25, 0.3) is 0 Å². The summed E-state index contributed by atoms with van der Waals surface area (Å²) in [7, 11) is 0. The average Bonchev–Trinajstić information content (AvgIpc) is 2.10. The number of hydrogen-bond donors (Lipinski definition) is 0. The van der Waals surface area contributed by atoms with Crippen LogP contribution < -0.4 is 0 Å². The normalized spacial score (nSPS) is 11.4. The highest BCUT2D eigenvalue weighted by molar-refractivity contribution is 4.85. The van der Waals surface area contributed by atoms with E-state index in [4.69, 9.17) is 0 Å². The predicted octanol–water partition coefficient (Wildman–Crippen LogP) is 4.26. The highest BCUT2D eigenvalue weighted by Gasteiger charge is 1.79. The molecule has 68 valence electrons. The first-order valence-electron chi connectivity index (χ1n) is 4.79. The van der Waals surface area contributed by atoms with Gasteiger partial charge in [0.25, 0.3) is 0 Å². The van der Waals surface area contributed by atoms with Crippen LogP contribution in [-0.2, 0) is 0 Å². The molecular formula is C12H20. The van der Waals surface area contributed by atoms with Gasteiger partial charge in [-0.2, -0.15) is 0 Å². The lowest BCUT2D eigenvalue weighted by Crippen LogP contribution is -1.69. The van der Waals surface area contributed by atoms with Crippen LogP contribution in [0.5, 0.6) is 0 Å². The monoisotopic (exact) mass is 164 g/mol. The molecule has 0 aliphatic carbocycles. The van der Waals surface area contributed by atoms with Crippen LogP contribution in [-0.4, -0.2) is 0 Å². The Morgan fingerprint density at radius 2 is 1.58 bits per heavy atom. The summed E-state index contributed by atoms with van der Waals surface area (Å²) < 4.78 is 0. The van der Waals surface area contributed by atoms with Crippen molar-refractivity contribution in [2.75, 3.05) is 0 Å². The van der Waals surface area contributed by atoms with Crippen molar-refractivity contribution < 1.29 is 0 Å². The summed E-state index contributed by atoms with van der Waals surface area (Å²) in [5.74, 6) is 0. The molecule has 0 aromatic heterocycles. The molecule has 0 aromatic rings. The van der Waals surface area contributed by atoms with Gasteiger partial charge in [-0.1, -0.05) is 30.4 Å².